The summed E-state index contributed by atoms with van der Waals surface area (Å²) < 4.78 is 177. The Morgan fingerprint density at radius 3 is 1.33 bits per heavy atom. The first-order valence-corrected chi connectivity index (χ1v) is 5.26. The molecule has 0 heterocycles. The molecule has 0 rings (SSSR count). The van der Waals surface area contributed by atoms with Gasteiger partial charge in [0.15, 0.2) is 6.80 Å². The third kappa shape index (κ3) is 3.94. The Hall–Kier alpha value is -1.06. The maximum absolute atomic E-state index is 13.3. The smallest absolute Gasteiger partial charge is 0.233 e. The second-order valence-corrected chi connectivity index (χ2v) is 4.16. The second-order valence-electron chi connectivity index (χ2n) is 4.16. The molecule has 146 valence electrons. The SMILES string of the molecule is CC(F)(F)N(C(F)(F)F)C(F)(F)C(F)(F)N(CF)C(F)(F)C(F)F. The summed E-state index contributed by atoms with van der Waals surface area (Å²) >= 11 is 0. The molecule has 0 saturated heterocycles. The van der Waals surface area contributed by atoms with Crippen LogP contribution in [0, 0.1) is 0 Å². The van der Waals surface area contributed by atoms with Crippen molar-refractivity contribution in [2.24, 2.45) is 0 Å². The van der Waals surface area contributed by atoms with Gasteiger partial charge in [0.1, 0.15) is 0 Å². The zero-order valence-corrected chi connectivity index (χ0v) is 11.0. The minimum absolute atomic E-state index is 0.949. The lowest BCUT2D eigenvalue weighted by Gasteiger charge is -2.43. The van der Waals surface area contributed by atoms with E-state index in [9.17, 15) is 61.5 Å². The quantitative estimate of drug-likeness (QED) is 0.455. The average Bonchev–Trinajstić information content (AvgIpc) is 2.22. The van der Waals surface area contributed by atoms with Gasteiger partial charge in [-0.1, -0.05) is 4.90 Å². The number of halogens is 14. The van der Waals surface area contributed by atoms with Crippen LogP contribution in [0.15, 0.2) is 0 Å². The standard InChI is InChI=1S/C8H6F14N2/c1-4(12,13)24(8(20,21)22)7(18,19)6(16,17)23(2-9)5(14,15)3(10)11/h3H,2H2,1H3. The molecule has 0 amide bonds. The lowest BCUT2D eigenvalue weighted by molar-refractivity contribution is -0.476. The van der Waals surface area contributed by atoms with Gasteiger partial charge >= 0.3 is 36.9 Å². The van der Waals surface area contributed by atoms with Gasteiger partial charge < -0.3 is 0 Å². The summed E-state index contributed by atoms with van der Waals surface area (Å²) in [5, 5.41) is 0. The average molecular weight is 396 g/mol. The number of hydrogen-bond donors (Lipinski definition) is 0. The minimum Gasteiger partial charge on any atom is -0.233 e. The van der Waals surface area contributed by atoms with Crippen LogP contribution in [0.3, 0.4) is 0 Å². The Morgan fingerprint density at radius 2 is 1.12 bits per heavy atom. The van der Waals surface area contributed by atoms with Crippen molar-refractivity contribution in [1.29, 1.82) is 0 Å². The molecule has 0 aliphatic carbocycles. The van der Waals surface area contributed by atoms with Crippen molar-refractivity contribution in [2.75, 3.05) is 6.80 Å². The molecule has 0 aliphatic heterocycles. The lowest BCUT2D eigenvalue weighted by atomic mass is 10.3. The van der Waals surface area contributed by atoms with Crippen LogP contribution in [0.1, 0.15) is 6.92 Å². The molecule has 16 heteroatoms. The summed E-state index contributed by atoms with van der Waals surface area (Å²) in [7, 11) is 0. The molecule has 24 heavy (non-hydrogen) atoms. The van der Waals surface area contributed by atoms with Crippen LogP contribution in [0.5, 0.6) is 0 Å². The fraction of sp³-hybridized carbons (Fsp3) is 1.00. The minimum atomic E-state index is -7.26. The molecule has 0 unspecified atom stereocenters. The molecular formula is C8H6F14N2. The summed E-state index contributed by atoms with van der Waals surface area (Å²) in [6, 6.07) is -26.6. The van der Waals surface area contributed by atoms with Crippen molar-refractivity contribution in [3.8, 4) is 0 Å². The Kier molecular flexibility index (Phi) is 6.06. The number of hydrogen-bond acceptors (Lipinski definition) is 2. The highest BCUT2D eigenvalue weighted by Gasteiger charge is 2.77. The van der Waals surface area contributed by atoms with E-state index in [1.165, 1.54) is 0 Å². The van der Waals surface area contributed by atoms with Gasteiger partial charge in [0, 0.05) is 6.92 Å². The number of rotatable bonds is 7. The molecule has 0 spiro atoms. The van der Waals surface area contributed by atoms with Crippen LogP contribution < -0.4 is 0 Å². The van der Waals surface area contributed by atoms with E-state index in [1.807, 2.05) is 0 Å². The van der Waals surface area contributed by atoms with E-state index < -0.39 is 60.4 Å². The van der Waals surface area contributed by atoms with Crippen molar-refractivity contribution in [3.05, 3.63) is 0 Å². The van der Waals surface area contributed by atoms with E-state index in [4.69, 9.17) is 0 Å². The Balaban J connectivity index is 6.30. The molecule has 0 aliphatic rings. The maximum atomic E-state index is 13.3. The summed E-state index contributed by atoms with van der Waals surface area (Å²) in [5.74, 6) is 0. The summed E-state index contributed by atoms with van der Waals surface area (Å²) in [6.07, 6.45) is -12.2. The first kappa shape index (κ1) is 22.9. The molecule has 0 bridgehead atoms. The molecule has 0 N–H and O–H groups in total. The van der Waals surface area contributed by atoms with Gasteiger partial charge in [-0.05, 0) is 0 Å². The summed E-state index contributed by atoms with van der Waals surface area (Å²) in [5.41, 5.74) is 0. The first-order chi connectivity index (χ1) is 10.3. The Labute approximate surface area is 123 Å². The largest absolute Gasteiger partial charge is 0.469 e. The Bertz CT molecular complexity index is 409. The molecule has 0 fully saturated rings. The van der Waals surface area contributed by atoms with Crippen molar-refractivity contribution in [3.63, 3.8) is 0 Å². The zero-order valence-electron chi connectivity index (χ0n) is 11.0. The predicted molar refractivity (Wildman–Crippen MR) is 47.2 cm³/mol. The van der Waals surface area contributed by atoms with Crippen molar-refractivity contribution in [1.82, 2.24) is 9.80 Å². The fourth-order valence-electron chi connectivity index (χ4n) is 1.39. The van der Waals surface area contributed by atoms with Gasteiger partial charge in [0.2, 0.25) is 0 Å². The van der Waals surface area contributed by atoms with E-state index in [0.717, 1.165) is 0 Å². The summed E-state index contributed by atoms with van der Waals surface area (Å²) in [6.45, 7) is -4.46. The first-order valence-electron chi connectivity index (χ1n) is 5.26. The summed E-state index contributed by atoms with van der Waals surface area (Å²) in [4.78, 5) is -6.40. The van der Waals surface area contributed by atoms with Crippen LogP contribution in [0.4, 0.5) is 61.5 Å². The van der Waals surface area contributed by atoms with Gasteiger partial charge in [-0.15, -0.1) is 4.90 Å². The van der Waals surface area contributed by atoms with Gasteiger partial charge in [-0.3, -0.25) is 0 Å². The highest BCUT2D eigenvalue weighted by Crippen LogP contribution is 2.51. The molecule has 2 nitrogen and oxygen atoms in total. The fourth-order valence-corrected chi connectivity index (χ4v) is 1.39. The van der Waals surface area contributed by atoms with Gasteiger partial charge in [0.25, 0.3) is 0 Å². The third-order valence-corrected chi connectivity index (χ3v) is 2.37. The van der Waals surface area contributed by atoms with Gasteiger partial charge in [0.05, 0.1) is 0 Å². The van der Waals surface area contributed by atoms with E-state index in [0.29, 0.717) is 0 Å². The van der Waals surface area contributed by atoms with Crippen LogP contribution >= 0.6 is 0 Å². The number of nitrogens with zero attached hydrogens (tertiary/aromatic N) is 2. The van der Waals surface area contributed by atoms with Crippen LogP contribution in [-0.2, 0) is 0 Å². The monoisotopic (exact) mass is 396 g/mol. The van der Waals surface area contributed by atoms with E-state index in [-0.39, 0.29) is 0 Å². The molecule has 0 radical (unpaired) electrons. The van der Waals surface area contributed by atoms with Gasteiger partial charge in [-0.2, -0.15) is 48.3 Å². The zero-order chi connectivity index (χ0) is 19.9. The van der Waals surface area contributed by atoms with Crippen molar-refractivity contribution >= 4 is 0 Å². The highest BCUT2D eigenvalue weighted by atomic mass is 19.4. The maximum Gasteiger partial charge on any atom is 0.469 e. The molecular weight excluding hydrogens is 390 g/mol. The topological polar surface area (TPSA) is 6.48 Å². The van der Waals surface area contributed by atoms with E-state index in [1.54, 1.807) is 0 Å². The van der Waals surface area contributed by atoms with Gasteiger partial charge in [-0.25, -0.2) is 13.2 Å². The van der Waals surface area contributed by atoms with Crippen molar-refractivity contribution < 1.29 is 61.5 Å². The Morgan fingerprint density at radius 1 is 0.750 bits per heavy atom. The lowest BCUT2D eigenvalue weighted by Crippen LogP contribution is -2.71. The molecule has 0 atom stereocenters. The van der Waals surface area contributed by atoms with Crippen molar-refractivity contribution in [2.45, 2.75) is 43.8 Å². The van der Waals surface area contributed by atoms with E-state index >= 15 is 0 Å². The second kappa shape index (κ2) is 6.34. The normalized spacial score (nSPS) is 15.8. The molecule has 0 saturated carbocycles. The van der Waals surface area contributed by atoms with Crippen LogP contribution in [-0.4, -0.2) is 53.5 Å². The highest BCUT2D eigenvalue weighted by molar-refractivity contribution is 4.92. The molecule has 0 aromatic heterocycles. The predicted octanol–water partition coefficient (Wildman–Crippen LogP) is 4.69. The molecule has 0 aromatic carbocycles. The third-order valence-electron chi connectivity index (χ3n) is 2.37. The van der Waals surface area contributed by atoms with Crippen LogP contribution in [0.25, 0.3) is 0 Å². The molecule has 0 aromatic rings. The van der Waals surface area contributed by atoms with Crippen LogP contribution in [0.2, 0.25) is 0 Å². The van der Waals surface area contributed by atoms with E-state index in [2.05, 4.69) is 0 Å². The number of alkyl halides is 14.